The van der Waals surface area contributed by atoms with Crippen molar-refractivity contribution >= 4 is 47.0 Å². The summed E-state index contributed by atoms with van der Waals surface area (Å²) in [5, 5.41) is -0.137. The molecule has 3 aromatic rings. The summed E-state index contributed by atoms with van der Waals surface area (Å²) in [7, 11) is 0. The standard InChI is InChI=1S/C25H17Cl2F3N2O4/c26-19-6-4-13(15-10-22(34)32(11-15)16-3-1-2-14(8-16)24(31)35)9-21(19)36-23-17(12-33)18(25(28,29)30)5-7-20(23)27/h1-9,12,15H,10-11H2,(H2,31,35)/t15-/m0/s1. The van der Waals surface area contributed by atoms with Gasteiger partial charge in [-0.1, -0.05) is 35.3 Å². The molecular weight excluding hydrogens is 520 g/mol. The number of carbonyl (C=O) groups excluding carboxylic acids is 3. The molecule has 2 amide bonds. The molecular formula is C25H17Cl2F3N2O4. The molecule has 2 N–H and O–H groups in total. The monoisotopic (exact) mass is 536 g/mol. The van der Waals surface area contributed by atoms with E-state index >= 15 is 0 Å². The number of benzene rings is 3. The van der Waals surface area contributed by atoms with Crippen LogP contribution in [0.25, 0.3) is 0 Å². The fraction of sp³-hybridized carbons (Fsp3) is 0.160. The second-order valence-electron chi connectivity index (χ2n) is 8.07. The summed E-state index contributed by atoms with van der Waals surface area (Å²) in [4.78, 5) is 37.3. The molecule has 1 aliphatic rings. The SMILES string of the molecule is NC(=O)c1cccc(N2C[C@@H](c3ccc(Cl)c(Oc4c(Cl)ccc(C(F)(F)F)c4C=O)c3)CC2=O)c1. The minimum atomic E-state index is -4.80. The zero-order valence-electron chi connectivity index (χ0n) is 18.3. The Morgan fingerprint density at radius 1 is 1.08 bits per heavy atom. The highest BCUT2D eigenvalue weighted by molar-refractivity contribution is 6.33. The van der Waals surface area contributed by atoms with Gasteiger partial charge in [0.25, 0.3) is 0 Å². The summed E-state index contributed by atoms with van der Waals surface area (Å²) in [6.45, 7) is 0.270. The van der Waals surface area contributed by atoms with Crippen LogP contribution in [0.1, 0.15) is 44.2 Å². The number of rotatable bonds is 6. The Morgan fingerprint density at radius 3 is 2.47 bits per heavy atom. The Balaban J connectivity index is 1.65. The van der Waals surface area contributed by atoms with E-state index in [9.17, 15) is 27.6 Å². The Labute approximate surface area is 213 Å². The third-order valence-electron chi connectivity index (χ3n) is 5.78. The predicted octanol–water partition coefficient (Wildman–Crippen LogP) is 6.24. The van der Waals surface area contributed by atoms with Crippen LogP contribution < -0.4 is 15.4 Å². The molecule has 6 nitrogen and oxygen atoms in total. The molecule has 1 heterocycles. The molecule has 1 fully saturated rings. The average Bonchev–Trinajstić information content (AvgIpc) is 3.22. The Morgan fingerprint density at radius 2 is 1.81 bits per heavy atom. The molecule has 0 saturated carbocycles. The van der Waals surface area contributed by atoms with Crippen LogP contribution in [0, 0.1) is 0 Å². The number of aldehydes is 1. The van der Waals surface area contributed by atoms with Gasteiger partial charge in [-0.3, -0.25) is 14.4 Å². The molecule has 0 aliphatic carbocycles. The van der Waals surface area contributed by atoms with E-state index in [1.807, 2.05) is 0 Å². The summed E-state index contributed by atoms with van der Waals surface area (Å²) in [6, 6.07) is 12.7. The maximum absolute atomic E-state index is 13.4. The molecule has 36 heavy (non-hydrogen) atoms. The number of alkyl halides is 3. The van der Waals surface area contributed by atoms with E-state index in [2.05, 4.69) is 0 Å². The van der Waals surface area contributed by atoms with Crippen molar-refractivity contribution in [1.82, 2.24) is 0 Å². The molecule has 0 radical (unpaired) electrons. The van der Waals surface area contributed by atoms with Crippen LogP contribution in [0.15, 0.2) is 54.6 Å². The molecule has 0 unspecified atom stereocenters. The number of hydrogen-bond acceptors (Lipinski definition) is 4. The quantitative estimate of drug-likeness (QED) is 0.378. The van der Waals surface area contributed by atoms with Gasteiger partial charge in [-0.25, -0.2) is 0 Å². The van der Waals surface area contributed by atoms with E-state index in [1.165, 1.54) is 23.1 Å². The number of ether oxygens (including phenoxy) is 1. The summed E-state index contributed by atoms with van der Waals surface area (Å²) in [5.41, 5.74) is 4.78. The van der Waals surface area contributed by atoms with Crippen molar-refractivity contribution in [2.75, 3.05) is 11.4 Å². The zero-order valence-corrected chi connectivity index (χ0v) is 19.8. The summed E-state index contributed by atoms with van der Waals surface area (Å²) in [5.74, 6) is -1.63. The number of carbonyl (C=O) groups is 3. The predicted molar refractivity (Wildman–Crippen MR) is 128 cm³/mol. The van der Waals surface area contributed by atoms with Gasteiger partial charge < -0.3 is 15.4 Å². The highest BCUT2D eigenvalue weighted by Gasteiger charge is 2.36. The number of nitrogens with two attached hydrogens (primary N) is 1. The second kappa shape index (κ2) is 9.83. The molecule has 0 aromatic heterocycles. The van der Waals surface area contributed by atoms with Crippen molar-refractivity contribution in [2.24, 2.45) is 5.73 Å². The second-order valence-corrected chi connectivity index (χ2v) is 8.88. The lowest BCUT2D eigenvalue weighted by molar-refractivity contribution is -0.137. The molecule has 1 atom stereocenters. The van der Waals surface area contributed by atoms with E-state index in [1.54, 1.807) is 24.3 Å². The topological polar surface area (TPSA) is 89.7 Å². The molecule has 1 aliphatic heterocycles. The minimum Gasteiger partial charge on any atom is -0.453 e. The Hall–Kier alpha value is -3.56. The number of nitrogens with zero attached hydrogens (tertiary/aromatic N) is 1. The molecule has 4 rings (SSSR count). The van der Waals surface area contributed by atoms with Crippen LogP contribution in [0.5, 0.6) is 11.5 Å². The van der Waals surface area contributed by atoms with E-state index in [4.69, 9.17) is 33.7 Å². The molecule has 11 heteroatoms. The first-order chi connectivity index (χ1) is 17.0. The summed E-state index contributed by atoms with van der Waals surface area (Å²) < 4.78 is 45.7. The van der Waals surface area contributed by atoms with Gasteiger partial charge in [0.15, 0.2) is 12.0 Å². The first-order valence-corrected chi connectivity index (χ1v) is 11.3. The number of halogens is 5. The molecule has 1 saturated heterocycles. The van der Waals surface area contributed by atoms with E-state index < -0.39 is 29.0 Å². The van der Waals surface area contributed by atoms with Gasteiger partial charge >= 0.3 is 6.18 Å². The maximum atomic E-state index is 13.4. The Kier molecular flexibility index (Phi) is 6.97. The first-order valence-electron chi connectivity index (χ1n) is 10.5. The van der Waals surface area contributed by atoms with Crippen molar-refractivity contribution in [2.45, 2.75) is 18.5 Å². The van der Waals surface area contributed by atoms with Crippen LogP contribution in [0.2, 0.25) is 10.0 Å². The van der Waals surface area contributed by atoms with E-state index in [0.29, 0.717) is 17.3 Å². The first kappa shape index (κ1) is 25.5. The number of amides is 2. The smallest absolute Gasteiger partial charge is 0.417 e. The fourth-order valence-electron chi connectivity index (χ4n) is 4.01. The summed E-state index contributed by atoms with van der Waals surface area (Å²) in [6.07, 6.45) is -4.65. The third-order valence-corrected chi connectivity index (χ3v) is 6.39. The van der Waals surface area contributed by atoms with Gasteiger partial charge in [0, 0.05) is 30.1 Å². The Bertz CT molecular complexity index is 1380. The van der Waals surface area contributed by atoms with Gasteiger partial charge in [-0.05, 0) is 48.0 Å². The van der Waals surface area contributed by atoms with Crippen molar-refractivity contribution in [1.29, 1.82) is 0 Å². The normalized spacial score (nSPS) is 15.8. The maximum Gasteiger partial charge on any atom is 0.417 e. The highest BCUT2D eigenvalue weighted by atomic mass is 35.5. The van der Waals surface area contributed by atoms with E-state index in [0.717, 1.165) is 6.07 Å². The van der Waals surface area contributed by atoms with Crippen molar-refractivity contribution in [3.05, 3.63) is 86.9 Å². The fourth-order valence-corrected chi connectivity index (χ4v) is 4.37. The third kappa shape index (κ3) is 5.03. The van der Waals surface area contributed by atoms with Crippen LogP contribution in [0.3, 0.4) is 0 Å². The average molecular weight is 537 g/mol. The van der Waals surface area contributed by atoms with Gasteiger partial charge in [0.1, 0.15) is 5.75 Å². The van der Waals surface area contributed by atoms with Crippen molar-refractivity contribution in [3.8, 4) is 11.5 Å². The molecule has 0 spiro atoms. The lowest BCUT2D eigenvalue weighted by Crippen LogP contribution is -2.24. The van der Waals surface area contributed by atoms with Crippen LogP contribution >= 0.6 is 23.2 Å². The lowest BCUT2D eigenvalue weighted by atomic mass is 9.98. The summed E-state index contributed by atoms with van der Waals surface area (Å²) >= 11 is 12.3. The molecule has 0 bridgehead atoms. The zero-order chi connectivity index (χ0) is 26.2. The molecule has 3 aromatic carbocycles. The molecule has 186 valence electrons. The van der Waals surface area contributed by atoms with Crippen molar-refractivity contribution < 1.29 is 32.3 Å². The van der Waals surface area contributed by atoms with Gasteiger partial charge in [-0.2, -0.15) is 13.2 Å². The van der Waals surface area contributed by atoms with E-state index in [-0.39, 0.29) is 52.4 Å². The highest BCUT2D eigenvalue weighted by Crippen LogP contribution is 2.43. The number of hydrogen-bond donors (Lipinski definition) is 1. The lowest BCUT2D eigenvalue weighted by Gasteiger charge is -2.19. The van der Waals surface area contributed by atoms with Gasteiger partial charge in [0.05, 0.1) is 21.2 Å². The minimum absolute atomic E-state index is 0.0233. The van der Waals surface area contributed by atoms with Crippen molar-refractivity contribution in [3.63, 3.8) is 0 Å². The number of anilines is 1. The van der Waals surface area contributed by atoms with Crippen LogP contribution in [-0.4, -0.2) is 24.6 Å². The number of primary amides is 1. The van der Waals surface area contributed by atoms with Gasteiger partial charge in [-0.15, -0.1) is 0 Å². The van der Waals surface area contributed by atoms with Gasteiger partial charge in [0.2, 0.25) is 11.8 Å². The largest absolute Gasteiger partial charge is 0.453 e. The van der Waals surface area contributed by atoms with Crippen LogP contribution in [0.4, 0.5) is 18.9 Å². The van der Waals surface area contributed by atoms with Crippen LogP contribution in [-0.2, 0) is 11.0 Å².